The molecule has 3 rings (SSSR count). The van der Waals surface area contributed by atoms with Crippen molar-refractivity contribution in [1.82, 2.24) is 0 Å². The van der Waals surface area contributed by atoms with Crippen molar-refractivity contribution < 1.29 is 9.63 Å². The van der Waals surface area contributed by atoms with Gasteiger partial charge in [-0.15, -0.1) is 0 Å². The van der Waals surface area contributed by atoms with E-state index in [1.54, 1.807) is 6.21 Å². The Morgan fingerprint density at radius 3 is 2.58 bits per heavy atom. The van der Waals surface area contributed by atoms with Crippen LogP contribution in [0.1, 0.15) is 11.1 Å². The Morgan fingerprint density at radius 2 is 1.79 bits per heavy atom. The Kier molecular flexibility index (Phi) is 4.87. The van der Waals surface area contributed by atoms with Crippen molar-refractivity contribution in [3.63, 3.8) is 0 Å². The predicted molar refractivity (Wildman–Crippen MR) is 97.3 cm³/mol. The van der Waals surface area contributed by atoms with Crippen LogP contribution in [0.3, 0.4) is 0 Å². The zero-order chi connectivity index (χ0) is 16.8. The van der Waals surface area contributed by atoms with Gasteiger partial charge in [0, 0.05) is 5.69 Å². The van der Waals surface area contributed by atoms with Crippen LogP contribution >= 0.6 is 0 Å². The van der Waals surface area contributed by atoms with E-state index in [0.717, 1.165) is 22.0 Å². The maximum Gasteiger partial charge on any atom is 0.265 e. The van der Waals surface area contributed by atoms with Crippen molar-refractivity contribution in [3.8, 4) is 0 Å². The third-order valence-corrected chi connectivity index (χ3v) is 3.58. The maximum atomic E-state index is 11.9. The van der Waals surface area contributed by atoms with Crippen molar-refractivity contribution in [2.75, 3.05) is 11.9 Å². The lowest BCUT2D eigenvalue weighted by atomic mass is 10.1. The van der Waals surface area contributed by atoms with Crippen LogP contribution in [0.4, 0.5) is 5.69 Å². The zero-order valence-corrected chi connectivity index (χ0v) is 13.4. The van der Waals surface area contributed by atoms with Gasteiger partial charge in [0.15, 0.2) is 6.61 Å². The molecule has 0 aromatic heterocycles. The second kappa shape index (κ2) is 7.42. The second-order valence-electron chi connectivity index (χ2n) is 5.53. The summed E-state index contributed by atoms with van der Waals surface area (Å²) >= 11 is 0. The van der Waals surface area contributed by atoms with Gasteiger partial charge >= 0.3 is 0 Å². The van der Waals surface area contributed by atoms with Crippen LogP contribution < -0.4 is 5.32 Å². The Hall–Kier alpha value is -3.14. The zero-order valence-electron chi connectivity index (χ0n) is 13.4. The summed E-state index contributed by atoms with van der Waals surface area (Å²) in [5, 5.41) is 8.83. The molecule has 0 atom stereocenters. The summed E-state index contributed by atoms with van der Waals surface area (Å²) in [6, 6.07) is 21.6. The van der Waals surface area contributed by atoms with E-state index >= 15 is 0 Å². The maximum absolute atomic E-state index is 11.9. The van der Waals surface area contributed by atoms with Crippen LogP contribution in [0.5, 0.6) is 0 Å². The van der Waals surface area contributed by atoms with Gasteiger partial charge in [-0.25, -0.2) is 0 Å². The molecule has 0 saturated heterocycles. The quantitative estimate of drug-likeness (QED) is 0.568. The summed E-state index contributed by atoms with van der Waals surface area (Å²) in [5.41, 5.74) is 2.85. The largest absolute Gasteiger partial charge is 0.386 e. The van der Waals surface area contributed by atoms with Gasteiger partial charge in [-0.05, 0) is 35.4 Å². The second-order valence-corrected chi connectivity index (χ2v) is 5.53. The molecule has 3 aromatic carbocycles. The number of fused-ring (bicyclic) bond motifs is 1. The number of hydrogen-bond acceptors (Lipinski definition) is 3. The lowest BCUT2D eigenvalue weighted by Crippen LogP contribution is -2.16. The average Bonchev–Trinajstić information content (AvgIpc) is 2.60. The van der Waals surface area contributed by atoms with Gasteiger partial charge < -0.3 is 10.2 Å². The number of nitrogens with one attached hydrogen (secondary N) is 1. The number of hydrogen-bond donors (Lipinski definition) is 1. The van der Waals surface area contributed by atoms with E-state index in [2.05, 4.69) is 10.5 Å². The minimum atomic E-state index is -0.244. The summed E-state index contributed by atoms with van der Waals surface area (Å²) < 4.78 is 0. The molecule has 120 valence electrons. The Morgan fingerprint density at radius 1 is 1.04 bits per heavy atom. The standard InChI is InChI=1S/C20H18N2O2/c1-15-6-8-16(9-7-15)13-21-24-14-20(23)22-19-11-10-17-4-2-3-5-18(17)12-19/h2-13H,14H2,1H3,(H,22,23)/b21-13-. The number of rotatable bonds is 5. The van der Waals surface area contributed by atoms with Crippen molar-refractivity contribution in [2.45, 2.75) is 6.92 Å². The Labute approximate surface area is 140 Å². The minimum absolute atomic E-state index is 0.130. The molecule has 24 heavy (non-hydrogen) atoms. The Bertz CT molecular complexity index is 870. The monoisotopic (exact) mass is 318 g/mol. The first-order valence-electron chi connectivity index (χ1n) is 7.71. The summed E-state index contributed by atoms with van der Waals surface area (Å²) in [6.07, 6.45) is 1.59. The van der Waals surface area contributed by atoms with Crippen LogP contribution in [-0.4, -0.2) is 18.7 Å². The molecule has 0 fully saturated rings. The molecule has 0 saturated carbocycles. The van der Waals surface area contributed by atoms with Crippen LogP contribution in [-0.2, 0) is 9.63 Å². The van der Waals surface area contributed by atoms with E-state index in [0.29, 0.717) is 0 Å². The lowest BCUT2D eigenvalue weighted by Gasteiger charge is -2.06. The van der Waals surface area contributed by atoms with Crippen molar-refractivity contribution in [1.29, 1.82) is 0 Å². The fourth-order valence-corrected chi connectivity index (χ4v) is 2.31. The third-order valence-electron chi connectivity index (χ3n) is 3.58. The molecule has 1 amide bonds. The first kappa shape index (κ1) is 15.7. The van der Waals surface area contributed by atoms with E-state index in [-0.39, 0.29) is 12.5 Å². The highest BCUT2D eigenvalue weighted by molar-refractivity contribution is 5.95. The van der Waals surface area contributed by atoms with Gasteiger partial charge in [-0.3, -0.25) is 4.79 Å². The molecule has 0 unspecified atom stereocenters. The lowest BCUT2D eigenvalue weighted by molar-refractivity contribution is -0.120. The molecule has 0 bridgehead atoms. The highest BCUT2D eigenvalue weighted by Gasteiger charge is 2.03. The normalized spacial score (nSPS) is 10.9. The fourth-order valence-electron chi connectivity index (χ4n) is 2.31. The molecule has 0 aliphatic heterocycles. The number of nitrogens with zero attached hydrogens (tertiary/aromatic N) is 1. The molecule has 0 heterocycles. The van der Waals surface area contributed by atoms with Gasteiger partial charge in [0.25, 0.3) is 5.91 Å². The molecule has 1 N–H and O–H groups in total. The van der Waals surface area contributed by atoms with E-state index < -0.39 is 0 Å². The summed E-state index contributed by atoms with van der Waals surface area (Å²) in [5.74, 6) is -0.244. The molecule has 3 aromatic rings. The number of aryl methyl sites for hydroxylation is 1. The molecular weight excluding hydrogens is 300 g/mol. The number of anilines is 1. The third kappa shape index (κ3) is 4.20. The van der Waals surface area contributed by atoms with Crippen molar-refractivity contribution >= 4 is 28.6 Å². The first-order valence-corrected chi connectivity index (χ1v) is 7.71. The van der Waals surface area contributed by atoms with E-state index in [4.69, 9.17) is 4.84 Å². The van der Waals surface area contributed by atoms with Gasteiger partial charge in [0.2, 0.25) is 0 Å². The molecule has 4 heteroatoms. The smallest absolute Gasteiger partial charge is 0.265 e. The topological polar surface area (TPSA) is 50.7 Å². The first-order chi connectivity index (χ1) is 11.7. The molecule has 0 spiro atoms. The van der Waals surface area contributed by atoms with Gasteiger partial charge in [-0.1, -0.05) is 65.3 Å². The highest BCUT2D eigenvalue weighted by atomic mass is 16.6. The van der Waals surface area contributed by atoms with Crippen LogP contribution in [0.15, 0.2) is 71.9 Å². The molecule has 0 aliphatic carbocycles. The molecule has 0 aliphatic rings. The van der Waals surface area contributed by atoms with Crippen LogP contribution in [0, 0.1) is 6.92 Å². The van der Waals surface area contributed by atoms with Gasteiger partial charge in [0.05, 0.1) is 6.21 Å². The summed E-state index contributed by atoms with van der Waals surface area (Å²) in [4.78, 5) is 16.9. The van der Waals surface area contributed by atoms with E-state index in [1.807, 2.05) is 73.7 Å². The summed E-state index contributed by atoms with van der Waals surface area (Å²) in [7, 11) is 0. The van der Waals surface area contributed by atoms with E-state index in [1.165, 1.54) is 5.56 Å². The number of benzene rings is 3. The van der Waals surface area contributed by atoms with E-state index in [9.17, 15) is 4.79 Å². The van der Waals surface area contributed by atoms with Crippen molar-refractivity contribution in [2.24, 2.45) is 5.16 Å². The minimum Gasteiger partial charge on any atom is -0.386 e. The van der Waals surface area contributed by atoms with Crippen LogP contribution in [0.2, 0.25) is 0 Å². The highest BCUT2D eigenvalue weighted by Crippen LogP contribution is 2.18. The SMILES string of the molecule is Cc1ccc(/C=N\OCC(=O)Nc2ccc3ccccc3c2)cc1. The average molecular weight is 318 g/mol. The molecule has 0 radical (unpaired) electrons. The van der Waals surface area contributed by atoms with Gasteiger partial charge in [0.1, 0.15) is 0 Å². The molecule has 4 nitrogen and oxygen atoms in total. The number of amides is 1. The number of carbonyl (C=O) groups excluding carboxylic acids is 1. The molecular formula is C20H18N2O2. The predicted octanol–water partition coefficient (Wildman–Crippen LogP) is 4.14. The Balaban J connectivity index is 1.52. The number of oxime groups is 1. The number of carbonyl (C=O) groups is 1. The van der Waals surface area contributed by atoms with Crippen LogP contribution in [0.25, 0.3) is 10.8 Å². The van der Waals surface area contributed by atoms with Crippen molar-refractivity contribution in [3.05, 3.63) is 77.9 Å². The summed E-state index contributed by atoms with van der Waals surface area (Å²) in [6.45, 7) is 1.89. The fraction of sp³-hybridized carbons (Fsp3) is 0.100. The van der Waals surface area contributed by atoms with Gasteiger partial charge in [-0.2, -0.15) is 0 Å².